The van der Waals surface area contributed by atoms with E-state index in [0.717, 1.165) is 11.1 Å². The molecule has 0 heterocycles. The number of methoxy groups -OCH3 is 3. The molecule has 2 aromatic rings. The smallest absolute Gasteiger partial charge is 0.306 e. The van der Waals surface area contributed by atoms with Crippen molar-refractivity contribution in [2.24, 2.45) is 0 Å². The minimum atomic E-state index is -0.449. The standard InChI is InChI=1S/C23H29NO6/c1-16(18-8-6-5-7-9-18)14-24-21(25)15-30-22(26)11-10-17-12-19(27-2)23(29-4)20(13-17)28-3/h5-9,12-13,16H,10-11,14-15H2,1-4H3,(H,24,25)/t16-/m1/s1. The van der Waals surface area contributed by atoms with Gasteiger partial charge < -0.3 is 24.3 Å². The first-order chi connectivity index (χ1) is 14.5. The molecule has 0 saturated carbocycles. The number of carbonyl (C=O) groups is 2. The quantitative estimate of drug-likeness (QED) is 0.568. The predicted octanol–water partition coefficient (Wildman–Crippen LogP) is 3.11. The fourth-order valence-electron chi connectivity index (χ4n) is 2.96. The van der Waals surface area contributed by atoms with E-state index in [1.807, 2.05) is 37.3 Å². The van der Waals surface area contributed by atoms with Crippen LogP contribution in [-0.4, -0.2) is 46.4 Å². The van der Waals surface area contributed by atoms with E-state index < -0.39 is 5.97 Å². The van der Waals surface area contributed by atoms with E-state index in [9.17, 15) is 9.59 Å². The van der Waals surface area contributed by atoms with Gasteiger partial charge in [-0.05, 0) is 35.6 Å². The summed E-state index contributed by atoms with van der Waals surface area (Å²) in [6.07, 6.45) is 0.550. The van der Waals surface area contributed by atoms with Crippen LogP contribution in [0.4, 0.5) is 0 Å². The molecule has 1 amide bonds. The van der Waals surface area contributed by atoms with Crippen LogP contribution < -0.4 is 19.5 Å². The van der Waals surface area contributed by atoms with Crippen molar-refractivity contribution in [3.63, 3.8) is 0 Å². The number of esters is 1. The van der Waals surface area contributed by atoms with Crippen LogP contribution in [0, 0.1) is 0 Å². The molecule has 0 spiro atoms. The van der Waals surface area contributed by atoms with Crippen LogP contribution in [0.2, 0.25) is 0 Å². The van der Waals surface area contributed by atoms with Gasteiger partial charge in [0, 0.05) is 13.0 Å². The van der Waals surface area contributed by atoms with E-state index in [4.69, 9.17) is 18.9 Å². The van der Waals surface area contributed by atoms with Gasteiger partial charge in [0.1, 0.15) is 0 Å². The first-order valence-electron chi connectivity index (χ1n) is 9.74. The average Bonchev–Trinajstić information content (AvgIpc) is 2.79. The first-order valence-corrected chi connectivity index (χ1v) is 9.74. The fraction of sp³-hybridized carbons (Fsp3) is 0.391. The number of hydrogen-bond donors (Lipinski definition) is 1. The highest BCUT2D eigenvalue weighted by atomic mass is 16.5. The van der Waals surface area contributed by atoms with Crippen molar-refractivity contribution in [3.05, 3.63) is 53.6 Å². The molecule has 2 aromatic carbocycles. The Labute approximate surface area is 177 Å². The van der Waals surface area contributed by atoms with Crippen molar-refractivity contribution in [1.82, 2.24) is 5.32 Å². The molecule has 0 aromatic heterocycles. The SMILES string of the molecule is COc1cc(CCC(=O)OCC(=O)NC[C@@H](C)c2ccccc2)cc(OC)c1OC. The molecule has 0 bridgehead atoms. The second-order valence-corrected chi connectivity index (χ2v) is 6.81. The number of benzene rings is 2. The van der Waals surface area contributed by atoms with Crippen molar-refractivity contribution < 1.29 is 28.5 Å². The Morgan fingerprint density at radius 1 is 0.967 bits per heavy atom. The normalized spacial score (nSPS) is 11.3. The van der Waals surface area contributed by atoms with Gasteiger partial charge in [0.25, 0.3) is 5.91 Å². The Balaban J connectivity index is 1.77. The number of aryl methyl sites for hydroxylation is 1. The summed E-state index contributed by atoms with van der Waals surface area (Å²) in [5, 5.41) is 2.79. The second kappa shape index (κ2) is 11.7. The maximum Gasteiger partial charge on any atom is 0.306 e. The highest BCUT2D eigenvalue weighted by Crippen LogP contribution is 2.38. The molecular formula is C23H29NO6. The van der Waals surface area contributed by atoms with Gasteiger partial charge in [-0.15, -0.1) is 0 Å². The molecule has 0 fully saturated rings. The molecule has 0 saturated heterocycles. The molecular weight excluding hydrogens is 386 g/mol. The van der Waals surface area contributed by atoms with Crippen molar-refractivity contribution in [1.29, 1.82) is 0 Å². The van der Waals surface area contributed by atoms with Crippen LogP contribution >= 0.6 is 0 Å². The van der Waals surface area contributed by atoms with Crippen LogP contribution in [0.15, 0.2) is 42.5 Å². The zero-order chi connectivity index (χ0) is 21.9. The molecule has 0 aliphatic heterocycles. The molecule has 7 nitrogen and oxygen atoms in total. The Bertz CT molecular complexity index is 812. The lowest BCUT2D eigenvalue weighted by Gasteiger charge is -2.14. The summed E-state index contributed by atoms with van der Waals surface area (Å²) in [6.45, 7) is 2.21. The highest BCUT2D eigenvalue weighted by molar-refractivity contribution is 5.80. The number of amides is 1. The summed E-state index contributed by atoms with van der Waals surface area (Å²) in [5.41, 5.74) is 1.97. The van der Waals surface area contributed by atoms with Crippen molar-refractivity contribution in [2.45, 2.75) is 25.7 Å². The predicted molar refractivity (Wildman–Crippen MR) is 113 cm³/mol. The van der Waals surface area contributed by atoms with Crippen LogP contribution in [0.25, 0.3) is 0 Å². The zero-order valence-electron chi connectivity index (χ0n) is 17.9. The molecule has 30 heavy (non-hydrogen) atoms. The number of ether oxygens (including phenoxy) is 4. The van der Waals surface area contributed by atoms with E-state index in [2.05, 4.69) is 5.32 Å². The summed E-state index contributed by atoms with van der Waals surface area (Å²) < 4.78 is 21.0. The van der Waals surface area contributed by atoms with E-state index >= 15 is 0 Å². The number of carbonyl (C=O) groups excluding carboxylic acids is 2. The third kappa shape index (κ3) is 6.69. The number of rotatable bonds is 11. The highest BCUT2D eigenvalue weighted by Gasteiger charge is 2.15. The lowest BCUT2D eigenvalue weighted by Crippen LogP contribution is -2.31. The maximum absolute atomic E-state index is 12.0. The lowest BCUT2D eigenvalue weighted by atomic mass is 10.0. The van der Waals surface area contributed by atoms with E-state index in [-0.39, 0.29) is 24.9 Å². The lowest BCUT2D eigenvalue weighted by molar-refractivity contribution is -0.148. The Kier molecular flexibility index (Phi) is 9.00. The average molecular weight is 415 g/mol. The molecule has 1 atom stereocenters. The summed E-state index contributed by atoms with van der Waals surface area (Å²) in [6, 6.07) is 13.5. The van der Waals surface area contributed by atoms with Gasteiger partial charge in [-0.2, -0.15) is 0 Å². The Morgan fingerprint density at radius 3 is 2.17 bits per heavy atom. The minimum Gasteiger partial charge on any atom is -0.493 e. The van der Waals surface area contributed by atoms with Gasteiger partial charge in [0.05, 0.1) is 21.3 Å². The third-order valence-corrected chi connectivity index (χ3v) is 4.68. The second-order valence-electron chi connectivity index (χ2n) is 6.81. The fourth-order valence-corrected chi connectivity index (χ4v) is 2.96. The molecule has 2 rings (SSSR count). The molecule has 0 unspecified atom stereocenters. The zero-order valence-corrected chi connectivity index (χ0v) is 17.9. The molecule has 7 heteroatoms. The van der Waals surface area contributed by atoms with Crippen molar-refractivity contribution in [3.8, 4) is 17.2 Å². The van der Waals surface area contributed by atoms with Crippen LogP contribution in [0.3, 0.4) is 0 Å². The summed E-state index contributed by atoms with van der Waals surface area (Å²) in [4.78, 5) is 24.0. The van der Waals surface area contributed by atoms with Gasteiger partial charge in [-0.3, -0.25) is 9.59 Å². The third-order valence-electron chi connectivity index (χ3n) is 4.68. The van der Waals surface area contributed by atoms with Crippen LogP contribution in [0.5, 0.6) is 17.2 Å². The largest absolute Gasteiger partial charge is 0.493 e. The monoisotopic (exact) mass is 415 g/mol. The minimum absolute atomic E-state index is 0.131. The summed E-state index contributed by atoms with van der Waals surface area (Å²) >= 11 is 0. The Hall–Kier alpha value is -3.22. The summed E-state index contributed by atoms with van der Waals surface area (Å²) in [7, 11) is 4.60. The first kappa shape index (κ1) is 23.1. The van der Waals surface area contributed by atoms with Crippen LogP contribution in [0.1, 0.15) is 30.4 Å². The Morgan fingerprint density at radius 2 is 1.60 bits per heavy atom. The van der Waals surface area contributed by atoms with E-state index in [1.54, 1.807) is 12.1 Å². The van der Waals surface area contributed by atoms with Gasteiger partial charge >= 0.3 is 5.97 Å². The van der Waals surface area contributed by atoms with Crippen molar-refractivity contribution in [2.75, 3.05) is 34.5 Å². The van der Waals surface area contributed by atoms with Gasteiger partial charge in [-0.1, -0.05) is 37.3 Å². The molecule has 0 aliphatic rings. The van der Waals surface area contributed by atoms with Crippen LogP contribution in [-0.2, 0) is 20.7 Å². The molecule has 1 N–H and O–H groups in total. The van der Waals surface area contributed by atoms with E-state index in [1.165, 1.54) is 21.3 Å². The number of nitrogens with one attached hydrogen (secondary N) is 1. The summed E-state index contributed by atoms with van der Waals surface area (Å²) in [5.74, 6) is 0.937. The number of hydrogen-bond acceptors (Lipinski definition) is 6. The maximum atomic E-state index is 12.0. The topological polar surface area (TPSA) is 83.1 Å². The van der Waals surface area contributed by atoms with E-state index in [0.29, 0.717) is 30.2 Å². The molecule has 162 valence electrons. The van der Waals surface area contributed by atoms with Gasteiger partial charge in [0.15, 0.2) is 18.1 Å². The molecule has 0 radical (unpaired) electrons. The molecule has 0 aliphatic carbocycles. The van der Waals surface area contributed by atoms with Gasteiger partial charge in [0.2, 0.25) is 5.75 Å². The van der Waals surface area contributed by atoms with Gasteiger partial charge in [-0.25, -0.2) is 0 Å². The van der Waals surface area contributed by atoms with Crippen molar-refractivity contribution >= 4 is 11.9 Å².